The van der Waals surface area contributed by atoms with Crippen LogP contribution < -0.4 is 0 Å². The predicted octanol–water partition coefficient (Wildman–Crippen LogP) is 3.62. The molecule has 1 aromatic rings. The topological polar surface area (TPSA) is 0 Å². The van der Waals surface area contributed by atoms with Crippen LogP contribution in [0.15, 0.2) is 30.3 Å². The first-order chi connectivity index (χ1) is 6.35. The fraction of sp³-hybridized carbons (Fsp3) is 0.500. The Morgan fingerprint density at radius 2 is 1.69 bits per heavy atom. The molecule has 1 aromatic carbocycles. The van der Waals surface area contributed by atoms with Crippen LogP contribution in [0.1, 0.15) is 32.3 Å². The molecule has 0 radical (unpaired) electrons. The van der Waals surface area contributed by atoms with Crippen molar-refractivity contribution in [1.82, 2.24) is 0 Å². The Morgan fingerprint density at radius 3 is 1.92 bits per heavy atom. The molecule has 0 spiro atoms. The summed E-state index contributed by atoms with van der Waals surface area (Å²) < 4.78 is 0. The van der Waals surface area contributed by atoms with E-state index < -0.39 is 0 Å². The second kappa shape index (κ2) is 9.90. The molecule has 13 heavy (non-hydrogen) atoms. The zero-order valence-corrected chi connectivity index (χ0v) is 9.22. The monoisotopic (exact) mass is 170 g/mol. The van der Waals surface area contributed by atoms with Crippen LogP contribution in [0.4, 0.5) is 0 Å². The maximum absolute atomic E-state index is 2.21. The summed E-state index contributed by atoms with van der Waals surface area (Å²) in [6.07, 6.45) is 3.87. The molecule has 0 nitrogen and oxygen atoms in total. The molecule has 0 aliphatic carbocycles. The van der Waals surface area contributed by atoms with E-state index in [0.717, 1.165) is 6.42 Å². The van der Waals surface area contributed by atoms with Crippen molar-refractivity contribution in [1.29, 1.82) is 0 Å². The normalized spacial score (nSPS) is 8.92. The van der Waals surface area contributed by atoms with Gasteiger partial charge in [0.05, 0.1) is 0 Å². The average Bonchev–Trinajstić information content (AvgIpc) is 2.21. The van der Waals surface area contributed by atoms with Gasteiger partial charge >= 0.3 is 42.6 Å². The molecule has 0 unspecified atom stereocenters. The van der Waals surface area contributed by atoms with Gasteiger partial charge in [-0.15, -0.1) is 0 Å². The first-order valence-corrected chi connectivity index (χ1v) is 5.39. The molecule has 0 amide bonds. The molecule has 0 N–H and O–H groups in total. The Labute approximate surface area is 91.9 Å². The summed E-state index contributed by atoms with van der Waals surface area (Å²) in [6.45, 7) is 4.37. The third-order valence-corrected chi connectivity index (χ3v) is 1.96. The standard InChI is InChI=1S/C8H10.C4H9.Li/c1-2-8-6-4-3-5-7-8;1-3-4-2;/h3-7H,2H2,1H3;1,3-4H2,2H3;. The van der Waals surface area contributed by atoms with Crippen molar-refractivity contribution in [2.75, 3.05) is 0 Å². The molecule has 1 heteroatoms. The number of rotatable bonds is 3. The Balaban J connectivity index is 0.000000252. The number of aryl methyl sites for hydroxylation is 1. The second-order valence-electron chi connectivity index (χ2n) is 3.19. The van der Waals surface area contributed by atoms with Gasteiger partial charge in [0.25, 0.3) is 0 Å². The predicted molar refractivity (Wildman–Crippen MR) is 61.3 cm³/mol. The van der Waals surface area contributed by atoms with E-state index in [4.69, 9.17) is 0 Å². The third kappa shape index (κ3) is 8.16. The molecule has 0 aromatic heterocycles. The van der Waals surface area contributed by atoms with Gasteiger partial charge in [0, 0.05) is 0 Å². The summed E-state index contributed by atoms with van der Waals surface area (Å²) >= 11 is 2.21. The second-order valence-corrected chi connectivity index (χ2v) is 3.19. The fourth-order valence-electron chi connectivity index (χ4n) is 1.07. The minimum absolute atomic E-state index is 1.14. The summed E-state index contributed by atoms with van der Waals surface area (Å²) in [5, 5.41) is 1.34. The number of hydrogen-bond donors (Lipinski definition) is 0. The number of unbranched alkanes of at least 4 members (excludes halogenated alkanes) is 1. The zero-order valence-electron chi connectivity index (χ0n) is 9.22. The molecule has 0 aliphatic rings. The molecule has 68 valence electrons. The van der Waals surface area contributed by atoms with E-state index in [-0.39, 0.29) is 0 Å². The van der Waals surface area contributed by atoms with Crippen LogP contribution >= 0.6 is 0 Å². The van der Waals surface area contributed by atoms with Gasteiger partial charge in [-0.25, -0.2) is 0 Å². The van der Waals surface area contributed by atoms with E-state index in [1.807, 2.05) is 6.07 Å². The average molecular weight is 170 g/mol. The van der Waals surface area contributed by atoms with Gasteiger partial charge in [-0.2, -0.15) is 0 Å². The quantitative estimate of drug-likeness (QED) is 0.608. The van der Waals surface area contributed by atoms with Crippen LogP contribution in [0.25, 0.3) is 0 Å². The van der Waals surface area contributed by atoms with E-state index in [9.17, 15) is 0 Å². The first kappa shape index (κ1) is 12.8. The van der Waals surface area contributed by atoms with Crippen molar-refractivity contribution < 1.29 is 0 Å². The molecule has 0 atom stereocenters. The Kier molecular flexibility index (Phi) is 9.76. The summed E-state index contributed by atoms with van der Waals surface area (Å²) in [4.78, 5) is 0. The van der Waals surface area contributed by atoms with E-state index in [1.165, 1.54) is 23.5 Å². The summed E-state index contributed by atoms with van der Waals surface area (Å²) in [5.74, 6) is 0. The van der Waals surface area contributed by atoms with E-state index in [0.29, 0.717) is 0 Å². The van der Waals surface area contributed by atoms with Crippen LogP contribution in [0.5, 0.6) is 0 Å². The summed E-state index contributed by atoms with van der Waals surface area (Å²) in [7, 11) is 0. The van der Waals surface area contributed by atoms with Crippen molar-refractivity contribution in [3.8, 4) is 0 Å². The molecule has 0 saturated heterocycles. The molecular formula is C12H19Li. The molecule has 0 saturated carbocycles. The summed E-state index contributed by atoms with van der Waals surface area (Å²) in [6, 6.07) is 10.5. The van der Waals surface area contributed by atoms with Crippen molar-refractivity contribution in [2.45, 2.75) is 38.2 Å². The maximum atomic E-state index is 2.21. The van der Waals surface area contributed by atoms with Gasteiger partial charge in [0.1, 0.15) is 0 Å². The number of benzene rings is 1. The Hall–Kier alpha value is -0.183. The molecular weight excluding hydrogens is 151 g/mol. The molecule has 0 bridgehead atoms. The summed E-state index contributed by atoms with van der Waals surface area (Å²) in [5.41, 5.74) is 1.41. The fourth-order valence-corrected chi connectivity index (χ4v) is 1.07. The van der Waals surface area contributed by atoms with Crippen molar-refractivity contribution >= 4 is 17.7 Å². The molecule has 1 rings (SSSR count). The van der Waals surface area contributed by atoms with Crippen molar-refractivity contribution in [3.63, 3.8) is 0 Å². The SMILES string of the molecule is CCc1ccccc1.[Li][CH2]CCC. The van der Waals surface area contributed by atoms with Crippen molar-refractivity contribution in [3.05, 3.63) is 35.9 Å². The van der Waals surface area contributed by atoms with Gasteiger partial charge < -0.3 is 0 Å². The number of hydrogen-bond acceptors (Lipinski definition) is 0. The van der Waals surface area contributed by atoms with Crippen LogP contribution in [0.2, 0.25) is 5.09 Å². The molecule has 0 aliphatic heterocycles. The van der Waals surface area contributed by atoms with E-state index >= 15 is 0 Å². The van der Waals surface area contributed by atoms with Gasteiger partial charge in [-0.3, -0.25) is 0 Å². The van der Waals surface area contributed by atoms with Gasteiger partial charge in [-0.05, 0) is 12.0 Å². The zero-order chi connectivity index (χ0) is 9.94. The van der Waals surface area contributed by atoms with Crippen LogP contribution in [-0.2, 0) is 6.42 Å². The Morgan fingerprint density at radius 1 is 1.08 bits per heavy atom. The van der Waals surface area contributed by atoms with Crippen LogP contribution in [-0.4, -0.2) is 17.7 Å². The van der Waals surface area contributed by atoms with Gasteiger partial charge in [-0.1, -0.05) is 37.3 Å². The molecule has 0 heterocycles. The van der Waals surface area contributed by atoms with Crippen LogP contribution in [0.3, 0.4) is 0 Å². The van der Waals surface area contributed by atoms with Crippen molar-refractivity contribution in [2.24, 2.45) is 0 Å². The van der Waals surface area contributed by atoms with E-state index in [2.05, 4.69) is 55.8 Å². The van der Waals surface area contributed by atoms with E-state index in [1.54, 1.807) is 0 Å². The third-order valence-electron chi connectivity index (χ3n) is 1.96. The van der Waals surface area contributed by atoms with Crippen LogP contribution in [0, 0.1) is 0 Å². The Bertz CT molecular complexity index is 180. The first-order valence-electron chi connectivity index (χ1n) is 5.39. The van der Waals surface area contributed by atoms with Gasteiger partial charge in [0.15, 0.2) is 0 Å². The minimum atomic E-state index is 1.14. The molecule has 0 fully saturated rings. The van der Waals surface area contributed by atoms with Gasteiger partial charge in [0.2, 0.25) is 0 Å².